The fourth-order valence-electron chi connectivity index (χ4n) is 4.20. The van der Waals surface area contributed by atoms with Crippen LogP contribution in [0.2, 0.25) is 0 Å². The van der Waals surface area contributed by atoms with E-state index in [0.717, 1.165) is 28.9 Å². The Balaban J connectivity index is 1.17. The average molecular weight is 472 g/mol. The summed E-state index contributed by atoms with van der Waals surface area (Å²) in [5.74, 6) is 1.86. The highest BCUT2D eigenvalue weighted by Crippen LogP contribution is 2.27. The molecule has 0 N–H and O–H groups in total. The van der Waals surface area contributed by atoms with Gasteiger partial charge in [0.2, 0.25) is 11.7 Å². The molecule has 0 spiro atoms. The van der Waals surface area contributed by atoms with Gasteiger partial charge in [-0.05, 0) is 35.7 Å². The number of hydrogen-bond acceptors (Lipinski definition) is 8. The Bertz CT molecular complexity index is 1420. The Morgan fingerprint density at radius 3 is 2.68 bits per heavy atom. The van der Waals surface area contributed by atoms with Crippen molar-refractivity contribution in [3.8, 4) is 22.2 Å². The van der Waals surface area contributed by atoms with Gasteiger partial charge in [-0.2, -0.15) is 4.98 Å². The van der Waals surface area contributed by atoms with Crippen LogP contribution in [0.15, 0.2) is 75.2 Å². The number of nitrogens with zero attached hydrogens (tertiary/aromatic N) is 5. The number of piperazine rings is 1. The van der Waals surface area contributed by atoms with E-state index in [-0.39, 0.29) is 5.91 Å². The number of aromatic nitrogens is 3. The van der Waals surface area contributed by atoms with Crippen LogP contribution in [0.1, 0.15) is 16.2 Å². The minimum Gasteiger partial charge on any atom is -0.463 e. The zero-order chi connectivity index (χ0) is 22.9. The quantitative estimate of drug-likeness (QED) is 0.371. The molecule has 1 saturated heterocycles. The van der Waals surface area contributed by atoms with Gasteiger partial charge in [0.1, 0.15) is 5.69 Å². The maximum absolute atomic E-state index is 13.5. The molecule has 0 atom stereocenters. The summed E-state index contributed by atoms with van der Waals surface area (Å²) >= 11 is 1.58. The van der Waals surface area contributed by atoms with E-state index >= 15 is 0 Å². The average Bonchev–Trinajstić information content (AvgIpc) is 3.66. The first-order valence-electron chi connectivity index (χ1n) is 11.1. The Hall–Kier alpha value is -3.82. The summed E-state index contributed by atoms with van der Waals surface area (Å²) < 4.78 is 11.0. The molecule has 1 fully saturated rings. The van der Waals surface area contributed by atoms with Crippen LogP contribution in [-0.2, 0) is 6.54 Å². The van der Waals surface area contributed by atoms with Crippen LogP contribution in [0.4, 0.5) is 0 Å². The van der Waals surface area contributed by atoms with Crippen LogP contribution in [-0.4, -0.2) is 57.0 Å². The van der Waals surface area contributed by atoms with E-state index in [1.54, 1.807) is 17.6 Å². The molecular weight excluding hydrogens is 450 g/mol. The van der Waals surface area contributed by atoms with Gasteiger partial charge in [0.25, 0.3) is 5.91 Å². The molecule has 0 saturated carbocycles. The summed E-state index contributed by atoms with van der Waals surface area (Å²) in [5, 5.41) is 6.92. The molecule has 5 aromatic rings. The molecule has 4 aromatic heterocycles. The molecule has 6 rings (SSSR count). The summed E-state index contributed by atoms with van der Waals surface area (Å²) in [6.07, 6.45) is 1.61. The molecule has 9 heteroatoms. The van der Waals surface area contributed by atoms with Crippen LogP contribution in [0, 0.1) is 0 Å². The Kier molecular flexibility index (Phi) is 5.40. The molecule has 170 valence electrons. The molecule has 34 heavy (non-hydrogen) atoms. The van der Waals surface area contributed by atoms with E-state index < -0.39 is 0 Å². The Labute approximate surface area is 199 Å². The minimum absolute atomic E-state index is 0.00354. The van der Waals surface area contributed by atoms with Crippen molar-refractivity contribution in [1.29, 1.82) is 0 Å². The van der Waals surface area contributed by atoms with E-state index in [0.29, 0.717) is 48.4 Å². The van der Waals surface area contributed by atoms with Gasteiger partial charge in [0.05, 0.1) is 28.8 Å². The molecule has 0 bridgehead atoms. The number of furan rings is 1. The second-order valence-corrected chi connectivity index (χ2v) is 9.05. The zero-order valence-corrected chi connectivity index (χ0v) is 19.1. The third-order valence-corrected chi connectivity index (χ3v) is 6.81. The van der Waals surface area contributed by atoms with E-state index in [9.17, 15) is 4.79 Å². The maximum Gasteiger partial charge on any atom is 0.254 e. The molecule has 1 aliphatic heterocycles. The highest BCUT2D eigenvalue weighted by atomic mass is 32.1. The van der Waals surface area contributed by atoms with Crippen molar-refractivity contribution in [1.82, 2.24) is 24.9 Å². The Morgan fingerprint density at radius 1 is 1.00 bits per heavy atom. The predicted molar refractivity (Wildman–Crippen MR) is 128 cm³/mol. The fraction of sp³-hybridized carbons (Fsp3) is 0.200. The van der Waals surface area contributed by atoms with Gasteiger partial charge in [-0.1, -0.05) is 29.4 Å². The van der Waals surface area contributed by atoms with Crippen molar-refractivity contribution in [2.45, 2.75) is 6.54 Å². The number of hydrogen-bond donors (Lipinski definition) is 0. The van der Waals surface area contributed by atoms with Crippen LogP contribution < -0.4 is 0 Å². The number of amides is 1. The summed E-state index contributed by atoms with van der Waals surface area (Å²) in [6.45, 7) is 3.28. The van der Waals surface area contributed by atoms with E-state index in [1.165, 1.54) is 0 Å². The van der Waals surface area contributed by atoms with Gasteiger partial charge >= 0.3 is 0 Å². The SMILES string of the molecule is O=C(c1cc(-c2ccco2)nc2ccccc12)N1CCN(Cc2nc(-c3cccs3)no2)CC1. The van der Waals surface area contributed by atoms with Crippen molar-refractivity contribution in [2.24, 2.45) is 0 Å². The lowest BCUT2D eigenvalue weighted by Crippen LogP contribution is -2.48. The topological polar surface area (TPSA) is 88.5 Å². The van der Waals surface area contributed by atoms with Gasteiger partial charge in [-0.25, -0.2) is 4.98 Å². The molecule has 5 heterocycles. The predicted octanol–water partition coefficient (Wildman–Crippen LogP) is 4.56. The summed E-state index contributed by atoms with van der Waals surface area (Å²) in [4.78, 5) is 27.9. The normalized spacial score (nSPS) is 14.6. The number of rotatable bonds is 5. The van der Waals surface area contributed by atoms with Crippen LogP contribution in [0.3, 0.4) is 0 Å². The van der Waals surface area contributed by atoms with Crippen molar-refractivity contribution in [3.05, 3.63) is 77.7 Å². The second-order valence-electron chi connectivity index (χ2n) is 8.11. The molecule has 1 aromatic carbocycles. The number of thiophene rings is 1. The summed E-state index contributed by atoms with van der Waals surface area (Å²) in [6, 6.07) is 17.2. The minimum atomic E-state index is 0.00354. The lowest BCUT2D eigenvalue weighted by atomic mass is 10.0. The van der Waals surface area contributed by atoms with E-state index in [1.807, 2.05) is 64.9 Å². The number of pyridine rings is 1. The monoisotopic (exact) mass is 471 g/mol. The first-order valence-corrected chi connectivity index (χ1v) is 11.9. The van der Waals surface area contributed by atoms with Crippen molar-refractivity contribution < 1.29 is 13.7 Å². The number of benzene rings is 1. The molecule has 1 amide bonds. The van der Waals surface area contributed by atoms with Crippen LogP contribution in [0.25, 0.3) is 33.1 Å². The van der Waals surface area contributed by atoms with Gasteiger partial charge < -0.3 is 13.8 Å². The second kappa shape index (κ2) is 8.85. The summed E-state index contributed by atoms with van der Waals surface area (Å²) in [5.41, 5.74) is 2.07. The van der Waals surface area contributed by atoms with Crippen molar-refractivity contribution >= 4 is 28.1 Å². The molecule has 0 unspecified atom stereocenters. The number of para-hydroxylation sites is 1. The largest absolute Gasteiger partial charge is 0.463 e. The lowest BCUT2D eigenvalue weighted by Gasteiger charge is -2.34. The zero-order valence-electron chi connectivity index (χ0n) is 18.3. The van der Waals surface area contributed by atoms with Crippen LogP contribution >= 0.6 is 11.3 Å². The number of carbonyl (C=O) groups excluding carboxylic acids is 1. The van der Waals surface area contributed by atoms with Gasteiger partial charge in [0.15, 0.2) is 5.76 Å². The van der Waals surface area contributed by atoms with E-state index in [2.05, 4.69) is 20.0 Å². The molecular formula is C25H21N5O3S. The Morgan fingerprint density at radius 2 is 1.88 bits per heavy atom. The highest BCUT2D eigenvalue weighted by Gasteiger charge is 2.25. The summed E-state index contributed by atoms with van der Waals surface area (Å²) in [7, 11) is 0. The maximum atomic E-state index is 13.5. The third kappa shape index (κ3) is 4.00. The van der Waals surface area contributed by atoms with Gasteiger partial charge in [0, 0.05) is 31.6 Å². The first kappa shape index (κ1) is 20.8. The van der Waals surface area contributed by atoms with E-state index in [4.69, 9.17) is 8.94 Å². The van der Waals surface area contributed by atoms with Gasteiger partial charge in [-0.3, -0.25) is 9.69 Å². The number of fused-ring (bicyclic) bond motifs is 1. The number of carbonyl (C=O) groups is 1. The van der Waals surface area contributed by atoms with Crippen LogP contribution in [0.5, 0.6) is 0 Å². The van der Waals surface area contributed by atoms with Gasteiger partial charge in [-0.15, -0.1) is 11.3 Å². The first-order chi connectivity index (χ1) is 16.7. The molecule has 0 aliphatic carbocycles. The lowest BCUT2D eigenvalue weighted by molar-refractivity contribution is 0.0617. The molecule has 8 nitrogen and oxygen atoms in total. The molecule has 0 radical (unpaired) electrons. The van der Waals surface area contributed by atoms with Crippen molar-refractivity contribution in [2.75, 3.05) is 26.2 Å². The molecule has 1 aliphatic rings. The smallest absolute Gasteiger partial charge is 0.254 e. The fourth-order valence-corrected chi connectivity index (χ4v) is 4.85. The third-order valence-electron chi connectivity index (χ3n) is 5.95. The standard InChI is InChI=1S/C25H21N5O3S/c31-25(18-15-20(21-7-3-13-32-21)26-19-6-2-1-5-17(18)19)30-11-9-29(10-12-30)16-23-27-24(28-33-23)22-8-4-14-34-22/h1-8,13-15H,9-12,16H2. The highest BCUT2D eigenvalue weighted by molar-refractivity contribution is 7.13. The van der Waals surface area contributed by atoms with Crippen molar-refractivity contribution in [3.63, 3.8) is 0 Å².